The van der Waals surface area contributed by atoms with Crippen LogP contribution in [0.1, 0.15) is 12.5 Å². The molecule has 0 aliphatic heterocycles. The number of hydrogen-bond acceptors (Lipinski definition) is 3. The molecule has 122 valence electrons. The molecule has 0 saturated carbocycles. The molecule has 0 aromatic heterocycles. The Morgan fingerprint density at radius 3 is 2.74 bits per heavy atom. The minimum absolute atomic E-state index is 0.0831. The molecule has 0 heterocycles. The van der Waals surface area contributed by atoms with Crippen molar-refractivity contribution in [2.75, 3.05) is 17.7 Å². The predicted octanol–water partition coefficient (Wildman–Crippen LogP) is 5.26. The van der Waals surface area contributed by atoms with E-state index in [-0.39, 0.29) is 5.91 Å². The number of benzene rings is 2. The summed E-state index contributed by atoms with van der Waals surface area (Å²) in [5.41, 5.74) is 1.60. The molecule has 0 aliphatic carbocycles. The van der Waals surface area contributed by atoms with Gasteiger partial charge in [0.2, 0.25) is 5.91 Å². The van der Waals surface area contributed by atoms with Crippen molar-refractivity contribution in [1.82, 2.24) is 0 Å². The zero-order chi connectivity index (χ0) is 16.7. The molecule has 23 heavy (non-hydrogen) atoms. The number of halogens is 2. The molecular weight excluding hydrogens is 353 g/mol. The Labute approximate surface area is 150 Å². The van der Waals surface area contributed by atoms with Gasteiger partial charge in [0.05, 0.1) is 28.1 Å². The monoisotopic (exact) mass is 369 g/mol. The molecule has 0 saturated heterocycles. The van der Waals surface area contributed by atoms with Gasteiger partial charge >= 0.3 is 0 Å². The van der Waals surface area contributed by atoms with Gasteiger partial charge in [0.1, 0.15) is 5.75 Å². The first-order chi connectivity index (χ1) is 11.1. The molecule has 3 nitrogen and oxygen atoms in total. The Hall–Kier alpha value is -1.36. The van der Waals surface area contributed by atoms with Crippen LogP contribution < -0.4 is 10.1 Å². The fourth-order valence-corrected chi connectivity index (χ4v) is 3.24. The van der Waals surface area contributed by atoms with Crippen molar-refractivity contribution in [2.45, 2.75) is 12.7 Å². The van der Waals surface area contributed by atoms with Crippen LogP contribution in [-0.4, -0.2) is 18.3 Å². The number of ether oxygens (including phenoxy) is 1. The van der Waals surface area contributed by atoms with Gasteiger partial charge in [-0.05, 0) is 30.7 Å². The van der Waals surface area contributed by atoms with Crippen molar-refractivity contribution in [3.05, 3.63) is 58.1 Å². The molecular formula is C17H17Cl2NO2S. The molecule has 1 N–H and O–H groups in total. The maximum Gasteiger partial charge on any atom is 0.234 e. The lowest BCUT2D eigenvalue weighted by molar-refractivity contribution is -0.113. The maximum atomic E-state index is 12.1. The fourth-order valence-electron chi connectivity index (χ4n) is 1.95. The third-order valence-electron chi connectivity index (χ3n) is 2.98. The lowest BCUT2D eigenvalue weighted by atomic mass is 10.2. The summed E-state index contributed by atoms with van der Waals surface area (Å²) in [6.07, 6.45) is 0. The van der Waals surface area contributed by atoms with E-state index >= 15 is 0 Å². The highest BCUT2D eigenvalue weighted by Gasteiger charge is 2.09. The van der Waals surface area contributed by atoms with Gasteiger partial charge in [-0.25, -0.2) is 0 Å². The fraction of sp³-hybridized carbons (Fsp3) is 0.235. The first kappa shape index (κ1) is 18.0. The average Bonchev–Trinajstić information content (AvgIpc) is 2.53. The maximum absolute atomic E-state index is 12.1. The van der Waals surface area contributed by atoms with Crippen molar-refractivity contribution >= 4 is 46.6 Å². The number of anilines is 1. The Kier molecular flexibility index (Phi) is 7.09. The minimum Gasteiger partial charge on any atom is -0.492 e. The molecule has 0 bridgehead atoms. The van der Waals surface area contributed by atoms with Crippen molar-refractivity contribution in [3.8, 4) is 5.75 Å². The van der Waals surface area contributed by atoms with Crippen molar-refractivity contribution < 1.29 is 9.53 Å². The number of amides is 1. The molecule has 0 radical (unpaired) electrons. The van der Waals surface area contributed by atoms with Gasteiger partial charge in [-0.2, -0.15) is 0 Å². The van der Waals surface area contributed by atoms with E-state index in [9.17, 15) is 4.79 Å². The largest absolute Gasteiger partial charge is 0.492 e. The van der Waals surface area contributed by atoms with E-state index in [1.54, 1.807) is 6.07 Å². The van der Waals surface area contributed by atoms with Crippen LogP contribution >= 0.6 is 35.0 Å². The number of para-hydroxylation sites is 2. The highest BCUT2D eigenvalue weighted by atomic mass is 35.5. The first-order valence-corrected chi connectivity index (χ1v) is 9.05. The van der Waals surface area contributed by atoms with E-state index in [1.807, 2.05) is 43.3 Å². The van der Waals surface area contributed by atoms with Gasteiger partial charge in [0.15, 0.2) is 0 Å². The highest BCUT2D eigenvalue weighted by Crippen LogP contribution is 2.28. The smallest absolute Gasteiger partial charge is 0.234 e. The van der Waals surface area contributed by atoms with Gasteiger partial charge in [-0.3, -0.25) is 4.79 Å². The van der Waals surface area contributed by atoms with E-state index < -0.39 is 0 Å². The van der Waals surface area contributed by atoms with E-state index in [2.05, 4.69) is 5.32 Å². The van der Waals surface area contributed by atoms with Crippen LogP contribution in [0.5, 0.6) is 5.75 Å². The van der Waals surface area contributed by atoms with Crippen LogP contribution in [-0.2, 0) is 10.5 Å². The first-order valence-electron chi connectivity index (χ1n) is 7.14. The number of carbonyl (C=O) groups is 1. The molecule has 2 rings (SSSR count). The average molecular weight is 370 g/mol. The van der Waals surface area contributed by atoms with Crippen molar-refractivity contribution in [3.63, 3.8) is 0 Å². The Bertz CT molecular complexity index is 679. The molecule has 0 fully saturated rings. The highest BCUT2D eigenvalue weighted by molar-refractivity contribution is 7.99. The van der Waals surface area contributed by atoms with E-state index in [0.717, 1.165) is 5.56 Å². The molecule has 2 aromatic carbocycles. The van der Waals surface area contributed by atoms with Gasteiger partial charge in [-0.15, -0.1) is 11.8 Å². The standard InChI is InChI=1S/C17H17Cl2NO2S/c1-2-22-15-9-4-3-8-14(15)20-16(21)11-23-10-12-6-5-7-13(18)17(12)19/h3-9H,2,10-11H2,1H3,(H,20,21). The number of hydrogen-bond donors (Lipinski definition) is 1. The van der Waals surface area contributed by atoms with Gasteiger partial charge in [0, 0.05) is 5.75 Å². The molecule has 0 aliphatic rings. The predicted molar refractivity (Wildman–Crippen MR) is 98.9 cm³/mol. The van der Waals surface area contributed by atoms with Crippen LogP contribution in [0, 0.1) is 0 Å². The molecule has 1 amide bonds. The van der Waals surface area contributed by atoms with E-state index in [1.165, 1.54) is 11.8 Å². The zero-order valence-electron chi connectivity index (χ0n) is 12.6. The summed E-state index contributed by atoms with van der Waals surface area (Å²) in [4.78, 5) is 12.1. The number of carbonyl (C=O) groups excluding carboxylic acids is 1. The molecule has 2 aromatic rings. The van der Waals surface area contributed by atoms with Crippen LogP contribution in [0.2, 0.25) is 10.0 Å². The molecule has 0 spiro atoms. The van der Waals surface area contributed by atoms with Crippen LogP contribution in [0.4, 0.5) is 5.69 Å². The summed E-state index contributed by atoms with van der Waals surface area (Å²) in [6, 6.07) is 12.9. The Balaban J connectivity index is 1.87. The van der Waals surface area contributed by atoms with Gasteiger partial charge in [0.25, 0.3) is 0 Å². The Morgan fingerprint density at radius 2 is 1.96 bits per heavy atom. The van der Waals surface area contributed by atoms with Gasteiger partial charge in [-0.1, -0.05) is 47.5 Å². The summed E-state index contributed by atoms with van der Waals surface area (Å²) >= 11 is 13.6. The third-order valence-corrected chi connectivity index (χ3v) is 4.82. The number of rotatable bonds is 7. The van der Waals surface area contributed by atoms with Gasteiger partial charge < -0.3 is 10.1 Å². The normalized spacial score (nSPS) is 10.4. The van der Waals surface area contributed by atoms with Crippen molar-refractivity contribution in [2.24, 2.45) is 0 Å². The second-order valence-corrected chi connectivity index (χ2v) is 6.45. The van der Waals surface area contributed by atoms with E-state index in [4.69, 9.17) is 27.9 Å². The van der Waals surface area contributed by atoms with Crippen molar-refractivity contribution in [1.29, 1.82) is 0 Å². The molecule has 0 unspecified atom stereocenters. The third kappa shape index (κ3) is 5.34. The Morgan fingerprint density at radius 1 is 1.17 bits per heavy atom. The SMILES string of the molecule is CCOc1ccccc1NC(=O)CSCc1cccc(Cl)c1Cl. The van der Waals surface area contributed by atoms with Crippen LogP contribution in [0.3, 0.4) is 0 Å². The summed E-state index contributed by atoms with van der Waals surface area (Å²) in [5, 5.41) is 3.94. The lowest BCUT2D eigenvalue weighted by Crippen LogP contribution is -2.15. The summed E-state index contributed by atoms with van der Waals surface area (Å²) in [6.45, 7) is 2.46. The number of thioether (sulfide) groups is 1. The minimum atomic E-state index is -0.0831. The second kappa shape index (κ2) is 9.06. The quantitative estimate of drug-likeness (QED) is 0.722. The number of nitrogens with one attached hydrogen (secondary N) is 1. The summed E-state index contributed by atoms with van der Waals surface area (Å²) < 4.78 is 5.49. The lowest BCUT2D eigenvalue weighted by Gasteiger charge is -2.11. The summed E-state index contributed by atoms with van der Waals surface area (Å²) in [5.74, 6) is 1.54. The molecule has 6 heteroatoms. The van der Waals surface area contributed by atoms with Crippen LogP contribution in [0.15, 0.2) is 42.5 Å². The summed E-state index contributed by atoms with van der Waals surface area (Å²) in [7, 11) is 0. The second-order valence-electron chi connectivity index (χ2n) is 4.68. The molecule has 0 atom stereocenters. The van der Waals surface area contributed by atoms with Crippen LogP contribution in [0.25, 0.3) is 0 Å². The van der Waals surface area contributed by atoms with E-state index in [0.29, 0.717) is 39.6 Å². The topological polar surface area (TPSA) is 38.3 Å². The zero-order valence-corrected chi connectivity index (χ0v) is 15.0.